The van der Waals surface area contributed by atoms with E-state index < -0.39 is 0 Å². The average molecular weight is 342 g/mol. The second-order valence-electron chi connectivity index (χ2n) is 9.60. The van der Waals surface area contributed by atoms with Gasteiger partial charge in [-0.2, -0.15) is 0 Å². The van der Waals surface area contributed by atoms with Crippen molar-refractivity contribution >= 4 is 5.78 Å². The van der Waals surface area contributed by atoms with Gasteiger partial charge in [0.05, 0.1) is 13.2 Å². The molecular formula is C22H30O3. The summed E-state index contributed by atoms with van der Waals surface area (Å²) < 4.78 is 12.5. The molecule has 0 radical (unpaired) electrons. The molecule has 4 aliphatic carbocycles. The fourth-order valence-corrected chi connectivity index (χ4v) is 7.44. The van der Waals surface area contributed by atoms with Crippen LogP contribution in [0.15, 0.2) is 23.8 Å². The highest BCUT2D eigenvalue weighted by molar-refractivity contribution is 6.01. The first-order valence-electron chi connectivity index (χ1n) is 10.1. The molecule has 0 aromatic rings. The third-order valence-electron chi connectivity index (χ3n) is 8.70. The van der Waals surface area contributed by atoms with Gasteiger partial charge in [-0.05, 0) is 61.5 Å². The zero-order chi connectivity index (χ0) is 17.4. The van der Waals surface area contributed by atoms with Gasteiger partial charge in [-0.25, -0.2) is 0 Å². The van der Waals surface area contributed by atoms with Crippen LogP contribution in [-0.4, -0.2) is 24.8 Å². The first-order chi connectivity index (χ1) is 11.9. The van der Waals surface area contributed by atoms with Gasteiger partial charge < -0.3 is 9.47 Å². The Bertz CT molecular complexity index is 671. The highest BCUT2D eigenvalue weighted by Gasteiger charge is 2.67. The molecule has 0 N–H and O–H groups in total. The quantitative estimate of drug-likeness (QED) is 0.659. The molecule has 1 spiro atoms. The SMILES string of the molecule is C[C@@H]1CC2=CC(=O)C=CC2(C)C2CCC3(C)C(CCC34OCCO4)C21. The number of carbonyl (C=O) groups is 1. The minimum Gasteiger partial charge on any atom is -0.347 e. The molecule has 136 valence electrons. The number of allylic oxidation sites excluding steroid dienone is 4. The molecule has 5 rings (SSSR count). The summed E-state index contributed by atoms with van der Waals surface area (Å²) in [5.74, 6) is 2.49. The van der Waals surface area contributed by atoms with Gasteiger partial charge in [0.2, 0.25) is 0 Å². The summed E-state index contributed by atoms with van der Waals surface area (Å²) in [6.07, 6.45) is 11.7. The molecule has 25 heavy (non-hydrogen) atoms. The first kappa shape index (κ1) is 16.3. The highest BCUT2D eigenvalue weighted by Crippen LogP contribution is 2.69. The van der Waals surface area contributed by atoms with E-state index >= 15 is 0 Å². The van der Waals surface area contributed by atoms with E-state index in [0.29, 0.717) is 23.7 Å². The van der Waals surface area contributed by atoms with Gasteiger partial charge in [-0.1, -0.05) is 32.4 Å². The standard InChI is InChI=1S/C22H30O3/c1-14-12-15-13-16(23)4-7-20(15,2)17-5-8-21(3)18(19(14)17)6-9-22(21)24-10-11-25-22/h4,7,13-14,17-19H,5-6,8-12H2,1-3H3/t14-,17?,18?,19?,20?,21?/m1/s1. The van der Waals surface area contributed by atoms with Gasteiger partial charge in [-0.3, -0.25) is 4.79 Å². The molecule has 0 bridgehead atoms. The molecule has 0 amide bonds. The molecule has 1 heterocycles. The van der Waals surface area contributed by atoms with E-state index in [2.05, 4.69) is 26.8 Å². The summed E-state index contributed by atoms with van der Waals surface area (Å²) in [6, 6.07) is 0. The van der Waals surface area contributed by atoms with E-state index in [1.54, 1.807) is 0 Å². The summed E-state index contributed by atoms with van der Waals surface area (Å²) in [5, 5.41) is 0. The van der Waals surface area contributed by atoms with Gasteiger partial charge in [0, 0.05) is 17.3 Å². The van der Waals surface area contributed by atoms with Crippen LogP contribution in [0.4, 0.5) is 0 Å². The Labute approximate surface area is 150 Å². The van der Waals surface area contributed by atoms with Gasteiger partial charge in [-0.15, -0.1) is 0 Å². The van der Waals surface area contributed by atoms with Crippen LogP contribution in [0.5, 0.6) is 0 Å². The Balaban J connectivity index is 1.54. The fraction of sp³-hybridized carbons (Fsp3) is 0.773. The molecule has 3 nitrogen and oxygen atoms in total. The Morgan fingerprint density at radius 3 is 2.56 bits per heavy atom. The van der Waals surface area contributed by atoms with Gasteiger partial charge in [0.1, 0.15) is 0 Å². The lowest BCUT2D eigenvalue weighted by Crippen LogP contribution is -2.56. The molecule has 0 aromatic carbocycles. The van der Waals surface area contributed by atoms with Crippen LogP contribution in [0.3, 0.4) is 0 Å². The lowest BCUT2D eigenvalue weighted by Gasteiger charge is -2.59. The highest BCUT2D eigenvalue weighted by atomic mass is 16.7. The molecule has 0 aromatic heterocycles. The summed E-state index contributed by atoms with van der Waals surface area (Å²) in [5.41, 5.74) is 1.59. The lowest BCUT2D eigenvalue weighted by molar-refractivity contribution is -0.244. The van der Waals surface area contributed by atoms with E-state index in [1.165, 1.54) is 24.8 Å². The van der Waals surface area contributed by atoms with Crippen LogP contribution < -0.4 is 0 Å². The van der Waals surface area contributed by atoms with E-state index in [-0.39, 0.29) is 22.4 Å². The molecule has 5 aliphatic rings. The van der Waals surface area contributed by atoms with E-state index in [1.807, 2.05) is 12.2 Å². The predicted octanol–water partition coefficient (Wildman–Crippen LogP) is 4.28. The normalized spacial score (nSPS) is 50.4. The summed E-state index contributed by atoms with van der Waals surface area (Å²) >= 11 is 0. The zero-order valence-corrected chi connectivity index (χ0v) is 15.7. The third-order valence-corrected chi connectivity index (χ3v) is 8.70. The number of hydrogen-bond acceptors (Lipinski definition) is 3. The Kier molecular flexibility index (Phi) is 3.30. The Morgan fingerprint density at radius 1 is 1.08 bits per heavy atom. The largest absolute Gasteiger partial charge is 0.347 e. The van der Waals surface area contributed by atoms with Crippen LogP contribution in [0.25, 0.3) is 0 Å². The maximum Gasteiger partial charge on any atom is 0.178 e. The van der Waals surface area contributed by atoms with Crippen molar-refractivity contribution in [2.75, 3.05) is 13.2 Å². The monoisotopic (exact) mass is 342 g/mol. The summed E-state index contributed by atoms with van der Waals surface area (Å²) in [7, 11) is 0. The molecule has 1 saturated heterocycles. The first-order valence-corrected chi connectivity index (χ1v) is 10.1. The predicted molar refractivity (Wildman–Crippen MR) is 95.8 cm³/mol. The maximum absolute atomic E-state index is 11.9. The second kappa shape index (κ2) is 5.07. The number of ketones is 1. The van der Waals surface area contributed by atoms with Gasteiger partial charge >= 0.3 is 0 Å². The van der Waals surface area contributed by atoms with E-state index in [4.69, 9.17) is 9.47 Å². The Morgan fingerprint density at radius 2 is 1.80 bits per heavy atom. The van der Waals surface area contributed by atoms with Gasteiger partial charge in [0.25, 0.3) is 0 Å². The number of carbonyl (C=O) groups excluding carboxylic acids is 1. The smallest absolute Gasteiger partial charge is 0.178 e. The fourth-order valence-electron chi connectivity index (χ4n) is 7.44. The van der Waals surface area contributed by atoms with Crippen molar-refractivity contribution in [1.29, 1.82) is 0 Å². The van der Waals surface area contributed by atoms with Crippen molar-refractivity contribution in [3.63, 3.8) is 0 Å². The van der Waals surface area contributed by atoms with Crippen LogP contribution >= 0.6 is 0 Å². The molecule has 4 fully saturated rings. The van der Waals surface area contributed by atoms with Crippen molar-refractivity contribution in [2.24, 2.45) is 34.5 Å². The zero-order valence-electron chi connectivity index (χ0n) is 15.7. The number of rotatable bonds is 0. The number of fused-ring (bicyclic) bond motifs is 6. The number of hydrogen-bond donors (Lipinski definition) is 0. The lowest BCUT2D eigenvalue weighted by atomic mass is 9.46. The molecule has 3 heteroatoms. The van der Waals surface area contributed by atoms with Crippen molar-refractivity contribution < 1.29 is 14.3 Å². The van der Waals surface area contributed by atoms with Crippen molar-refractivity contribution in [2.45, 2.75) is 58.7 Å². The number of ether oxygens (including phenoxy) is 2. The minimum absolute atomic E-state index is 0.0690. The summed E-state index contributed by atoms with van der Waals surface area (Å²) in [4.78, 5) is 11.9. The molecular weight excluding hydrogens is 312 g/mol. The van der Waals surface area contributed by atoms with Crippen molar-refractivity contribution in [3.05, 3.63) is 23.8 Å². The van der Waals surface area contributed by atoms with Crippen molar-refractivity contribution in [1.82, 2.24) is 0 Å². The Hall–Kier alpha value is -0.930. The third kappa shape index (κ3) is 1.92. The van der Waals surface area contributed by atoms with Gasteiger partial charge in [0.15, 0.2) is 11.6 Å². The van der Waals surface area contributed by atoms with E-state index in [9.17, 15) is 4.79 Å². The molecule has 6 atom stereocenters. The summed E-state index contributed by atoms with van der Waals surface area (Å²) in [6.45, 7) is 8.73. The topological polar surface area (TPSA) is 35.5 Å². The van der Waals surface area contributed by atoms with Crippen LogP contribution in [0.2, 0.25) is 0 Å². The molecule has 5 unspecified atom stereocenters. The van der Waals surface area contributed by atoms with Crippen LogP contribution in [0.1, 0.15) is 52.9 Å². The van der Waals surface area contributed by atoms with Crippen molar-refractivity contribution in [3.8, 4) is 0 Å². The van der Waals surface area contributed by atoms with E-state index in [0.717, 1.165) is 26.1 Å². The second-order valence-corrected chi connectivity index (χ2v) is 9.60. The molecule has 1 aliphatic heterocycles. The maximum atomic E-state index is 11.9. The average Bonchev–Trinajstić information content (AvgIpc) is 3.17. The van der Waals surface area contributed by atoms with Crippen LogP contribution in [-0.2, 0) is 14.3 Å². The molecule has 3 saturated carbocycles. The van der Waals surface area contributed by atoms with Crippen LogP contribution in [0, 0.1) is 34.5 Å². The minimum atomic E-state index is -0.322.